The fourth-order valence-electron chi connectivity index (χ4n) is 6.91. The number of carbonyl (C=O) groups is 4. The second kappa shape index (κ2) is 19.9. The number of alkyl carbamates (subject to hydrolysis) is 2. The maximum absolute atomic E-state index is 13.3. The number of imidazole rings is 2. The summed E-state index contributed by atoms with van der Waals surface area (Å²) in [4.78, 5) is 68.4. The minimum Gasteiger partial charge on any atom is -0.453 e. The third-order valence-corrected chi connectivity index (χ3v) is 9.92. The Morgan fingerprint density at radius 3 is 1.76 bits per heavy atom. The molecule has 0 unspecified atom stereocenters. The first-order valence-corrected chi connectivity index (χ1v) is 19.6. The molecule has 14 nitrogen and oxygen atoms in total. The molecule has 4 N–H and O–H groups in total. The van der Waals surface area contributed by atoms with Crippen molar-refractivity contribution in [2.75, 3.05) is 40.4 Å². The van der Waals surface area contributed by atoms with E-state index in [1.807, 2.05) is 43.3 Å². The van der Waals surface area contributed by atoms with Crippen LogP contribution in [-0.4, -0.2) is 94.1 Å². The SMILES string of the molecule is CCCN(Cc1ncc(-c2ccc3cc(-c4ccc(-c5cnc(CN(C[C@@H](C)Cc6ccccc6)C(=O)CNC(=O)OC)[nH]5)cc4)ccc3c2)[nH]1)C(=O)CNC(=O)OC. The number of rotatable bonds is 17. The summed E-state index contributed by atoms with van der Waals surface area (Å²) in [5.74, 6) is 1.01. The van der Waals surface area contributed by atoms with Gasteiger partial charge in [0, 0.05) is 18.7 Å². The monoisotopic (exact) mass is 798 g/mol. The van der Waals surface area contributed by atoms with Gasteiger partial charge in [0.15, 0.2) is 0 Å². The standard InChI is InChI=1S/C45H50N8O6/c1-5-19-52(42(54)25-48-44(56)58-3)28-40-47-24-39(51-40)37-18-17-35-21-34(15-16-36(35)22-37)32-11-13-33(14-12-32)38-23-46-41(50-38)29-53(43(55)26-49-45(57)59-4)27-30(2)20-31-9-7-6-8-10-31/h6-18,21-24,30H,5,19-20,25-29H2,1-4H3,(H,46,50)(H,47,51)(H,48,56)(H,49,57)/t30-/m0/s1. The summed E-state index contributed by atoms with van der Waals surface area (Å²) in [5.41, 5.74) is 6.93. The second-order valence-corrected chi connectivity index (χ2v) is 14.4. The molecule has 59 heavy (non-hydrogen) atoms. The quantitative estimate of drug-likeness (QED) is 0.0768. The van der Waals surface area contributed by atoms with Gasteiger partial charge in [-0.3, -0.25) is 9.59 Å². The predicted octanol–water partition coefficient (Wildman–Crippen LogP) is 6.95. The van der Waals surface area contributed by atoms with Gasteiger partial charge in [-0.15, -0.1) is 0 Å². The number of ether oxygens (including phenoxy) is 2. The highest BCUT2D eigenvalue weighted by Gasteiger charge is 2.21. The predicted molar refractivity (Wildman–Crippen MR) is 226 cm³/mol. The Morgan fingerprint density at radius 2 is 1.17 bits per heavy atom. The number of amides is 4. The van der Waals surface area contributed by atoms with Crippen LogP contribution in [0.5, 0.6) is 0 Å². The Kier molecular flexibility index (Phi) is 14.1. The van der Waals surface area contributed by atoms with Gasteiger partial charge in [-0.05, 0) is 63.9 Å². The number of H-pyrrole nitrogens is 2. The van der Waals surface area contributed by atoms with Crippen LogP contribution in [0.4, 0.5) is 9.59 Å². The molecule has 0 aliphatic rings. The second-order valence-electron chi connectivity index (χ2n) is 14.4. The van der Waals surface area contributed by atoms with Crippen molar-refractivity contribution in [2.45, 2.75) is 39.8 Å². The Morgan fingerprint density at radius 1 is 0.661 bits per heavy atom. The molecule has 6 rings (SSSR count). The molecule has 2 aromatic heterocycles. The van der Waals surface area contributed by atoms with E-state index in [4.69, 9.17) is 0 Å². The summed E-state index contributed by atoms with van der Waals surface area (Å²) < 4.78 is 9.23. The van der Waals surface area contributed by atoms with Crippen molar-refractivity contribution >= 4 is 34.8 Å². The van der Waals surface area contributed by atoms with Gasteiger partial charge in [0.1, 0.15) is 24.7 Å². The number of hydrogen-bond acceptors (Lipinski definition) is 8. The highest BCUT2D eigenvalue weighted by atomic mass is 16.5. The largest absolute Gasteiger partial charge is 0.453 e. The van der Waals surface area contributed by atoms with Crippen molar-refractivity contribution in [2.24, 2.45) is 5.92 Å². The Balaban J connectivity index is 1.10. The number of aromatic nitrogens is 4. The highest BCUT2D eigenvalue weighted by Crippen LogP contribution is 2.30. The molecule has 4 aromatic carbocycles. The molecular formula is C45H50N8O6. The molecule has 0 fully saturated rings. The molecule has 306 valence electrons. The van der Waals surface area contributed by atoms with Crippen LogP contribution in [0.1, 0.15) is 37.5 Å². The normalized spacial score (nSPS) is 11.5. The molecule has 2 heterocycles. The zero-order valence-electron chi connectivity index (χ0n) is 33.8. The molecule has 4 amide bonds. The van der Waals surface area contributed by atoms with Crippen molar-refractivity contribution in [1.82, 2.24) is 40.4 Å². The van der Waals surface area contributed by atoms with E-state index >= 15 is 0 Å². The first-order chi connectivity index (χ1) is 28.6. The molecule has 0 aliphatic carbocycles. The van der Waals surface area contributed by atoms with Gasteiger partial charge in [-0.2, -0.15) is 0 Å². The minimum absolute atomic E-state index is 0.151. The molecule has 0 saturated carbocycles. The van der Waals surface area contributed by atoms with E-state index in [1.54, 1.807) is 22.2 Å². The van der Waals surface area contributed by atoms with Gasteiger partial charge < -0.3 is 39.9 Å². The van der Waals surface area contributed by atoms with Crippen molar-refractivity contribution in [3.05, 3.63) is 121 Å². The van der Waals surface area contributed by atoms with E-state index in [0.29, 0.717) is 31.3 Å². The Bertz CT molecular complexity index is 2360. The number of carbonyl (C=O) groups excluding carboxylic acids is 4. The number of nitrogens with zero attached hydrogens (tertiary/aromatic N) is 4. The Labute approximate surface area is 343 Å². The van der Waals surface area contributed by atoms with Crippen molar-refractivity contribution < 1.29 is 28.7 Å². The van der Waals surface area contributed by atoms with E-state index in [0.717, 1.165) is 57.3 Å². The van der Waals surface area contributed by atoms with Crippen LogP contribution in [0, 0.1) is 5.92 Å². The van der Waals surface area contributed by atoms with E-state index in [-0.39, 0.29) is 37.4 Å². The number of fused-ring (bicyclic) bond motifs is 1. The topological polar surface area (TPSA) is 175 Å². The van der Waals surface area contributed by atoms with Gasteiger partial charge in [0.05, 0.1) is 51.1 Å². The molecule has 0 saturated heterocycles. The molecule has 0 bridgehead atoms. The lowest BCUT2D eigenvalue weighted by atomic mass is 9.98. The van der Waals surface area contributed by atoms with Gasteiger partial charge in [-0.25, -0.2) is 19.6 Å². The summed E-state index contributed by atoms with van der Waals surface area (Å²) in [6.45, 7) is 5.33. The summed E-state index contributed by atoms with van der Waals surface area (Å²) in [5, 5.41) is 7.11. The fraction of sp³-hybridized carbons (Fsp3) is 0.289. The zero-order chi connectivity index (χ0) is 41.7. The van der Waals surface area contributed by atoms with Crippen molar-refractivity contribution in [3.8, 4) is 33.6 Å². The first kappa shape index (κ1) is 41.7. The maximum Gasteiger partial charge on any atom is 0.407 e. The summed E-state index contributed by atoms with van der Waals surface area (Å²) in [7, 11) is 2.52. The lowest BCUT2D eigenvalue weighted by molar-refractivity contribution is -0.132. The minimum atomic E-state index is -0.658. The van der Waals surface area contributed by atoms with Crippen LogP contribution in [-0.2, 0) is 38.6 Å². The average molecular weight is 799 g/mol. The van der Waals surface area contributed by atoms with Crippen molar-refractivity contribution in [1.29, 1.82) is 0 Å². The molecule has 6 aromatic rings. The third-order valence-electron chi connectivity index (χ3n) is 9.92. The van der Waals surface area contributed by atoms with Crippen LogP contribution in [0.15, 0.2) is 103 Å². The number of methoxy groups -OCH3 is 2. The molecular weight excluding hydrogens is 749 g/mol. The van der Waals surface area contributed by atoms with Gasteiger partial charge in [0.2, 0.25) is 11.8 Å². The number of hydrogen-bond donors (Lipinski definition) is 4. The molecule has 14 heteroatoms. The molecule has 0 radical (unpaired) electrons. The lowest BCUT2D eigenvalue weighted by Gasteiger charge is -2.25. The van der Waals surface area contributed by atoms with E-state index in [1.165, 1.54) is 19.8 Å². The van der Waals surface area contributed by atoms with Crippen molar-refractivity contribution in [3.63, 3.8) is 0 Å². The van der Waals surface area contributed by atoms with Gasteiger partial charge >= 0.3 is 12.2 Å². The maximum atomic E-state index is 13.3. The summed E-state index contributed by atoms with van der Waals surface area (Å²) >= 11 is 0. The van der Waals surface area contributed by atoms with Crippen LogP contribution < -0.4 is 10.6 Å². The van der Waals surface area contributed by atoms with Crippen LogP contribution in [0.25, 0.3) is 44.4 Å². The summed E-state index contributed by atoms with van der Waals surface area (Å²) in [6.07, 6.45) is 3.80. The molecule has 0 spiro atoms. The number of benzene rings is 4. The summed E-state index contributed by atoms with van der Waals surface area (Å²) in [6, 6.07) is 31.0. The average Bonchev–Trinajstić information content (AvgIpc) is 3.94. The third kappa shape index (κ3) is 11.3. The van der Waals surface area contributed by atoms with Gasteiger partial charge in [0.25, 0.3) is 0 Å². The van der Waals surface area contributed by atoms with E-state index in [2.05, 4.69) is 102 Å². The number of aromatic amines is 2. The lowest BCUT2D eigenvalue weighted by Crippen LogP contribution is -2.42. The van der Waals surface area contributed by atoms with E-state index < -0.39 is 12.2 Å². The van der Waals surface area contributed by atoms with E-state index in [9.17, 15) is 19.2 Å². The number of nitrogens with one attached hydrogen (secondary N) is 4. The van der Waals surface area contributed by atoms with Gasteiger partial charge in [-0.1, -0.05) is 92.7 Å². The van der Waals surface area contributed by atoms with Crippen LogP contribution in [0.2, 0.25) is 0 Å². The highest BCUT2D eigenvalue weighted by molar-refractivity contribution is 5.90. The van der Waals surface area contributed by atoms with Crippen LogP contribution in [0.3, 0.4) is 0 Å². The smallest absolute Gasteiger partial charge is 0.407 e. The first-order valence-electron chi connectivity index (χ1n) is 19.6. The molecule has 0 aliphatic heterocycles. The van der Waals surface area contributed by atoms with Crippen LogP contribution >= 0.6 is 0 Å². The zero-order valence-corrected chi connectivity index (χ0v) is 33.8. The fourth-order valence-corrected chi connectivity index (χ4v) is 6.91. The Hall–Kier alpha value is -6.96. The molecule has 1 atom stereocenters.